The van der Waals surface area contributed by atoms with Crippen molar-refractivity contribution >= 4 is 27.3 Å². The van der Waals surface area contributed by atoms with Crippen LogP contribution in [0.15, 0.2) is 46.9 Å². The second-order valence-corrected chi connectivity index (χ2v) is 5.17. The van der Waals surface area contributed by atoms with E-state index in [1.165, 1.54) is 5.56 Å². The number of anilines is 2. The highest BCUT2D eigenvalue weighted by molar-refractivity contribution is 9.10. The second kappa shape index (κ2) is 6.26. The molecule has 0 saturated carbocycles. The first kappa shape index (κ1) is 13.4. The Morgan fingerprint density at radius 2 is 1.89 bits per heavy atom. The van der Waals surface area contributed by atoms with Gasteiger partial charge < -0.3 is 11.1 Å². The quantitative estimate of drug-likeness (QED) is 0.848. The van der Waals surface area contributed by atoms with Gasteiger partial charge in [-0.25, -0.2) is 0 Å². The summed E-state index contributed by atoms with van der Waals surface area (Å²) in [5.41, 5.74) is 9.25. The summed E-state index contributed by atoms with van der Waals surface area (Å²) in [5, 5.41) is 12.2. The topological polar surface area (TPSA) is 61.8 Å². The Morgan fingerprint density at radius 1 is 1.16 bits per heavy atom. The Balaban J connectivity index is 1.94. The van der Waals surface area contributed by atoms with E-state index in [1.807, 2.05) is 36.4 Å². The van der Waals surface area contributed by atoms with Crippen molar-refractivity contribution in [3.63, 3.8) is 0 Å². The summed E-state index contributed by atoms with van der Waals surface area (Å²) in [4.78, 5) is 0. The third-order valence-corrected chi connectivity index (χ3v) is 3.21. The second-order valence-electron chi connectivity index (χ2n) is 4.26. The molecule has 0 aliphatic carbocycles. The normalized spacial score (nSPS) is 9.89. The number of rotatable bonds is 4. The third-order valence-electron chi connectivity index (χ3n) is 2.75. The summed E-state index contributed by atoms with van der Waals surface area (Å²) in [5.74, 6) is 0. The number of nitrogen functional groups attached to an aromatic ring is 1. The Labute approximate surface area is 121 Å². The summed E-state index contributed by atoms with van der Waals surface area (Å²) in [7, 11) is 0. The van der Waals surface area contributed by atoms with Gasteiger partial charge in [0.1, 0.15) is 0 Å². The van der Waals surface area contributed by atoms with Crippen molar-refractivity contribution in [2.75, 3.05) is 17.6 Å². The molecule has 0 heterocycles. The van der Waals surface area contributed by atoms with Crippen molar-refractivity contribution in [1.82, 2.24) is 0 Å². The molecule has 0 unspecified atom stereocenters. The zero-order chi connectivity index (χ0) is 13.7. The first-order chi connectivity index (χ1) is 9.17. The number of hydrogen-bond acceptors (Lipinski definition) is 3. The van der Waals surface area contributed by atoms with Crippen LogP contribution in [0.25, 0.3) is 0 Å². The van der Waals surface area contributed by atoms with Crippen molar-refractivity contribution in [2.24, 2.45) is 0 Å². The largest absolute Gasteiger partial charge is 0.399 e. The summed E-state index contributed by atoms with van der Waals surface area (Å²) in [6.45, 7) is 0.811. The Bertz CT molecular complexity index is 600. The average molecular weight is 316 g/mol. The van der Waals surface area contributed by atoms with Crippen LogP contribution in [0.1, 0.15) is 11.1 Å². The highest BCUT2D eigenvalue weighted by Gasteiger charge is 1.99. The lowest BCUT2D eigenvalue weighted by atomic mass is 10.1. The number of hydrogen-bond donors (Lipinski definition) is 2. The van der Waals surface area contributed by atoms with Crippen LogP contribution in [0, 0.1) is 11.3 Å². The molecular weight excluding hydrogens is 302 g/mol. The summed E-state index contributed by atoms with van der Waals surface area (Å²) >= 11 is 3.39. The maximum absolute atomic E-state index is 8.91. The number of nitrogens with two attached hydrogens (primary N) is 1. The van der Waals surface area contributed by atoms with Gasteiger partial charge >= 0.3 is 0 Å². The lowest BCUT2D eigenvalue weighted by Gasteiger charge is -2.08. The van der Waals surface area contributed by atoms with E-state index < -0.39 is 0 Å². The van der Waals surface area contributed by atoms with E-state index >= 15 is 0 Å². The molecule has 0 aliphatic heterocycles. The summed E-state index contributed by atoms with van der Waals surface area (Å²) in [6.07, 6.45) is 0.911. The maximum Gasteiger partial charge on any atom is 0.0992 e. The van der Waals surface area contributed by atoms with E-state index in [0.717, 1.165) is 28.8 Å². The minimum atomic E-state index is 0.643. The van der Waals surface area contributed by atoms with E-state index in [2.05, 4.69) is 27.3 Å². The van der Waals surface area contributed by atoms with Crippen LogP contribution in [0.3, 0.4) is 0 Å². The lowest BCUT2D eigenvalue weighted by molar-refractivity contribution is 1.02. The van der Waals surface area contributed by atoms with E-state index in [0.29, 0.717) is 5.56 Å². The smallest absolute Gasteiger partial charge is 0.0992 e. The van der Waals surface area contributed by atoms with Gasteiger partial charge in [0.25, 0.3) is 0 Å². The number of nitrogens with zero attached hydrogens (tertiary/aromatic N) is 1. The molecule has 0 atom stereocenters. The van der Waals surface area contributed by atoms with Crippen LogP contribution in [0.5, 0.6) is 0 Å². The van der Waals surface area contributed by atoms with Crippen molar-refractivity contribution in [3.05, 3.63) is 58.1 Å². The maximum atomic E-state index is 8.91. The van der Waals surface area contributed by atoms with Crippen LogP contribution in [-0.2, 0) is 6.42 Å². The Hall–Kier alpha value is -1.99. The van der Waals surface area contributed by atoms with Crippen molar-refractivity contribution in [1.29, 1.82) is 5.26 Å². The van der Waals surface area contributed by atoms with Gasteiger partial charge in [0.05, 0.1) is 11.6 Å². The van der Waals surface area contributed by atoms with E-state index in [9.17, 15) is 0 Å². The zero-order valence-corrected chi connectivity index (χ0v) is 11.9. The summed E-state index contributed by atoms with van der Waals surface area (Å²) in [6, 6.07) is 15.6. The molecule has 3 nitrogen and oxygen atoms in total. The molecule has 2 rings (SSSR count). The Kier molecular flexibility index (Phi) is 4.43. The monoisotopic (exact) mass is 315 g/mol. The molecule has 4 heteroatoms. The first-order valence-electron chi connectivity index (χ1n) is 5.96. The molecule has 0 amide bonds. The van der Waals surface area contributed by atoms with E-state index in [1.54, 1.807) is 6.07 Å². The van der Waals surface area contributed by atoms with Crippen LogP contribution in [-0.4, -0.2) is 6.54 Å². The molecule has 0 fully saturated rings. The van der Waals surface area contributed by atoms with Crippen LogP contribution >= 0.6 is 15.9 Å². The predicted octanol–water partition coefficient (Wildman–Crippen LogP) is 3.56. The standard InChI is InChI=1S/C15H14BrN3/c16-13-7-12(10-17)8-15(9-13)19-6-5-11-1-3-14(18)4-2-11/h1-4,7-9,19H,5-6,18H2. The van der Waals surface area contributed by atoms with Crippen molar-refractivity contribution in [3.8, 4) is 6.07 Å². The average Bonchev–Trinajstić information content (AvgIpc) is 2.40. The molecular formula is C15H14BrN3. The zero-order valence-electron chi connectivity index (χ0n) is 10.4. The van der Waals surface area contributed by atoms with Crippen molar-refractivity contribution < 1.29 is 0 Å². The van der Waals surface area contributed by atoms with Gasteiger partial charge in [0.2, 0.25) is 0 Å². The number of nitrogens with one attached hydrogen (secondary N) is 1. The molecule has 96 valence electrons. The van der Waals surface area contributed by atoms with E-state index in [4.69, 9.17) is 11.0 Å². The molecule has 0 aromatic heterocycles. The molecule has 2 aromatic rings. The number of benzene rings is 2. The molecule has 2 aromatic carbocycles. The minimum absolute atomic E-state index is 0.643. The lowest BCUT2D eigenvalue weighted by Crippen LogP contribution is -2.05. The Morgan fingerprint density at radius 3 is 2.58 bits per heavy atom. The van der Waals surface area contributed by atoms with Crippen molar-refractivity contribution in [2.45, 2.75) is 6.42 Å². The van der Waals surface area contributed by atoms with Crippen LogP contribution < -0.4 is 11.1 Å². The number of nitriles is 1. The molecule has 0 spiro atoms. The van der Waals surface area contributed by atoms with Gasteiger partial charge in [-0.15, -0.1) is 0 Å². The van der Waals surface area contributed by atoms with E-state index in [-0.39, 0.29) is 0 Å². The molecule has 0 bridgehead atoms. The predicted molar refractivity (Wildman–Crippen MR) is 81.9 cm³/mol. The third kappa shape index (κ3) is 4.01. The fourth-order valence-corrected chi connectivity index (χ4v) is 2.28. The summed E-state index contributed by atoms with van der Waals surface area (Å²) < 4.78 is 0.904. The van der Waals surface area contributed by atoms with Gasteiger partial charge in [-0.3, -0.25) is 0 Å². The fraction of sp³-hybridized carbons (Fsp3) is 0.133. The van der Waals surface area contributed by atoms with Gasteiger partial charge in [-0.2, -0.15) is 5.26 Å². The highest BCUT2D eigenvalue weighted by atomic mass is 79.9. The van der Waals surface area contributed by atoms with Crippen LogP contribution in [0.2, 0.25) is 0 Å². The molecule has 0 saturated heterocycles. The first-order valence-corrected chi connectivity index (χ1v) is 6.75. The molecule has 0 radical (unpaired) electrons. The van der Waals surface area contributed by atoms with Gasteiger partial charge in [-0.1, -0.05) is 28.1 Å². The number of halogens is 1. The van der Waals surface area contributed by atoms with Gasteiger partial charge in [0.15, 0.2) is 0 Å². The molecule has 19 heavy (non-hydrogen) atoms. The SMILES string of the molecule is N#Cc1cc(Br)cc(NCCc2ccc(N)cc2)c1. The van der Waals surface area contributed by atoms with Gasteiger partial charge in [0, 0.05) is 22.4 Å². The highest BCUT2D eigenvalue weighted by Crippen LogP contribution is 2.19. The fourth-order valence-electron chi connectivity index (χ4n) is 1.79. The molecule has 3 N–H and O–H groups in total. The van der Waals surface area contributed by atoms with Gasteiger partial charge in [-0.05, 0) is 42.3 Å². The minimum Gasteiger partial charge on any atom is -0.399 e. The molecule has 0 aliphatic rings. The van der Waals surface area contributed by atoms with Crippen LogP contribution in [0.4, 0.5) is 11.4 Å².